The third kappa shape index (κ3) is 4.48. The van der Waals surface area contributed by atoms with Crippen molar-refractivity contribution in [1.82, 2.24) is 10.3 Å². The van der Waals surface area contributed by atoms with Crippen LogP contribution in [0.3, 0.4) is 0 Å². The fourth-order valence-electron chi connectivity index (χ4n) is 2.71. The van der Waals surface area contributed by atoms with Crippen molar-refractivity contribution in [3.05, 3.63) is 81.8 Å². The standard InChI is InChI=1S/C21H13BrClN3O2S/c22-14-5-3-4-12(10-14)19(27)26-21(29)25-17-11-13(8-9-15(17)23)20-24-16-6-1-2-7-18(16)28-20/h1-11H,(H2,25,26,27,29). The summed E-state index contributed by atoms with van der Waals surface area (Å²) in [7, 11) is 0. The number of carbonyl (C=O) groups excluding carboxylic acids is 1. The fourth-order valence-corrected chi connectivity index (χ4v) is 3.48. The Labute approximate surface area is 185 Å². The number of oxazole rings is 1. The molecule has 0 radical (unpaired) electrons. The number of aromatic nitrogens is 1. The minimum absolute atomic E-state index is 0.131. The predicted octanol–water partition coefficient (Wildman–Crippen LogP) is 6.04. The molecule has 0 atom stereocenters. The zero-order valence-corrected chi connectivity index (χ0v) is 17.9. The van der Waals surface area contributed by atoms with Crippen molar-refractivity contribution in [2.75, 3.05) is 5.32 Å². The lowest BCUT2D eigenvalue weighted by Crippen LogP contribution is -2.34. The SMILES string of the molecule is O=C(NC(=S)Nc1cc(-c2nc3ccccc3o2)ccc1Cl)c1cccc(Br)c1. The molecule has 2 N–H and O–H groups in total. The Bertz CT molecular complexity index is 1210. The van der Waals surface area contributed by atoms with Crippen molar-refractivity contribution in [1.29, 1.82) is 0 Å². The number of thiocarbonyl (C=S) groups is 1. The van der Waals surface area contributed by atoms with Gasteiger partial charge in [0, 0.05) is 15.6 Å². The van der Waals surface area contributed by atoms with Crippen LogP contribution < -0.4 is 10.6 Å². The molecule has 1 aromatic heterocycles. The van der Waals surface area contributed by atoms with Gasteiger partial charge in [0.2, 0.25) is 5.89 Å². The molecule has 8 heteroatoms. The largest absolute Gasteiger partial charge is 0.436 e. The van der Waals surface area contributed by atoms with Gasteiger partial charge in [-0.15, -0.1) is 0 Å². The molecular weight excluding hydrogens is 474 g/mol. The van der Waals surface area contributed by atoms with Gasteiger partial charge in [0.05, 0.1) is 10.7 Å². The zero-order valence-electron chi connectivity index (χ0n) is 14.8. The molecule has 0 unspecified atom stereocenters. The maximum Gasteiger partial charge on any atom is 0.257 e. The Balaban J connectivity index is 1.53. The van der Waals surface area contributed by atoms with Crippen LogP contribution in [0.5, 0.6) is 0 Å². The van der Waals surface area contributed by atoms with Crippen LogP contribution in [0.1, 0.15) is 10.4 Å². The van der Waals surface area contributed by atoms with Crippen molar-refractivity contribution < 1.29 is 9.21 Å². The molecule has 0 spiro atoms. The van der Waals surface area contributed by atoms with Crippen molar-refractivity contribution in [2.24, 2.45) is 0 Å². The summed E-state index contributed by atoms with van der Waals surface area (Å²) >= 11 is 14.9. The van der Waals surface area contributed by atoms with E-state index >= 15 is 0 Å². The number of para-hydroxylation sites is 2. The third-order valence-corrected chi connectivity index (χ3v) is 5.10. The number of amides is 1. The second kappa shape index (κ2) is 8.32. The molecule has 1 amide bonds. The van der Waals surface area contributed by atoms with Gasteiger partial charge in [-0.2, -0.15) is 0 Å². The fraction of sp³-hybridized carbons (Fsp3) is 0. The first-order valence-corrected chi connectivity index (χ1v) is 10.1. The Hall–Kier alpha value is -2.74. The summed E-state index contributed by atoms with van der Waals surface area (Å²) in [5, 5.41) is 6.18. The highest BCUT2D eigenvalue weighted by Crippen LogP contribution is 2.30. The summed E-state index contributed by atoms with van der Waals surface area (Å²) in [6.45, 7) is 0. The molecule has 0 aliphatic carbocycles. The molecule has 5 nitrogen and oxygen atoms in total. The lowest BCUT2D eigenvalue weighted by Gasteiger charge is -2.12. The highest BCUT2D eigenvalue weighted by atomic mass is 79.9. The van der Waals surface area contributed by atoms with Crippen LogP contribution in [0.4, 0.5) is 5.69 Å². The van der Waals surface area contributed by atoms with Gasteiger partial charge in [-0.25, -0.2) is 4.98 Å². The molecular formula is C21H13BrClN3O2S. The number of nitrogens with one attached hydrogen (secondary N) is 2. The van der Waals surface area contributed by atoms with Crippen LogP contribution >= 0.6 is 39.7 Å². The van der Waals surface area contributed by atoms with E-state index in [0.29, 0.717) is 27.7 Å². The van der Waals surface area contributed by atoms with Gasteiger partial charge in [-0.3, -0.25) is 10.1 Å². The van der Waals surface area contributed by atoms with Crippen LogP contribution in [-0.4, -0.2) is 16.0 Å². The summed E-state index contributed by atoms with van der Waals surface area (Å²) in [4.78, 5) is 16.8. The first-order valence-electron chi connectivity index (χ1n) is 8.53. The summed E-state index contributed by atoms with van der Waals surface area (Å²) in [5.41, 5.74) is 3.21. The van der Waals surface area contributed by atoms with E-state index in [1.54, 1.807) is 36.4 Å². The smallest absolute Gasteiger partial charge is 0.257 e. The average molecular weight is 487 g/mol. The molecule has 0 aliphatic heterocycles. The van der Waals surface area contributed by atoms with Gasteiger partial charge in [-0.1, -0.05) is 45.7 Å². The molecule has 0 bridgehead atoms. The molecule has 3 aromatic carbocycles. The minimum Gasteiger partial charge on any atom is -0.436 e. The van der Waals surface area contributed by atoms with Crippen LogP contribution in [0, 0.1) is 0 Å². The normalized spacial score (nSPS) is 10.7. The highest BCUT2D eigenvalue weighted by molar-refractivity contribution is 9.10. The number of hydrogen-bond acceptors (Lipinski definition) is 4. The maximum absolute atomic E-state index is 12.4. The molecule has 4 rings (SSSR count). The topological polar surface area (TPSA) is 67.2 Å². The molecule has 0 fully saturated rings. The number of fused-ring (bicyclic) bond motifs is 1. The Kier molecular flexibility index (Phi) is 5.62. The highest BCUT2D eigenvalue weighted by Gasteiger charge is 2.13. The summed E-state index contributed by atoms with van der Waals surface area (Å²) < 4.78 is 6.60. The van der Waals surface area contributed by atoms with E-state index < -0.39 is 0 Å². The summed E-state index contributed by atoms with van der Waals surface area (Å²) in [5.74, 6) is 0.144. The summed E-state index contributed by atoms with van der Waals surface area (Å²) in [6, 6.07) is 19.8. The van der Waals surface area contributed by atoms with Gasteiger partial charge in [0.1, 0.15) is 5.52 Å². The zero-order chi connectivity index (χ0) is 20.4. The Morgan fingerprint density at radius 2 is 1.90 bits per heavy atom. The van der Waals surface area contributed by atoms with Gasteiger partial charge in [0.25, 0.3) is 5.91 Å². The number of rotatable bonds is 3. The minimum atomic E-state index is -0.324. The molecule has 1 heterocycles. The van der Waals surface area contributed by atoms with E-state index in [0.717, 1.165) is 15.6 Å². The van der Waals surface area contributed by atoms with Gasteiger partial charge in [-0.05, 0) is 60.7 Å². The maximum atomic E-state index is 12.4. The number of halogens is 2. The molecule has 4 aromatic rings. The van der Waals surface area contributed by atoms with E-state index in [1.807, 2.05) is 30.3 Å². The number of nitrogens with zero attached hydrogens (tertiary/aromatic N) is 1. The monoisotopic (exact) mass is 485 g/mol. The molecule has 0 saturated heterocycles. The predicted molar refractivity (Wildman–Crippen MR) is 122 cm³/mol. The van der Waals surface area contributed by atoms with Gasteiger partial charge >= 0.3 is 0 Å². The molecule has 0 aliphatic rings. The van der Waals surface area contributed by atoms with Crippen molar-refractivity contribution in [3.8, 4) is 11.5 Å². The molecule has 0 saturated carbocycles. The first-order chi connectivity index (χ1) is 14.0. The van der Waals surface area contributed by atoms with E-state index in [4.69, 9.17) is 28.2 Å². The van der Waals surface area contributed by atoms with Crippen LogP contribution in [-0.2, 0) is 0 Å². The van der Waals surface area contributed by atoms with Crippen molar-refractivity contribution >= 4 is 67.6 Å². The van der Waals surface area contributed by atoms with E-state index in [1.165, 1.54) is 0 Å². The molecule has 144 valence electrons. The second-order valence-electron chi connectivity index (χ2n) is 6.10. The van der Waals surface area contributed by atoms with E-state index in [2.05, 4.69) is 31.5 Å². The second-order valence-corrected chi connectivity index (χ2v) is 7.83. The number of anilines is 1. The van der Waals surface area contributed by atoms with Gasteiger partial charge in [0.15, 0.2) is 10.7 Å². The first kappa shape index (κ1) is 19.6. The quantitative estimate of drug-likeness (QED) is 0.346. The van der Waals surface area contributed by atoms with Crippen LogP contribution in [0.2, 0.25) is 5.02 Å². The third-order valence-electron chi connectivity index (χ3n) is 4.07. The molecule has 29 heavy (non-hydrogen) atoms. The lowest BCUT2D eigenvalue weighted by atomic mass is 10.2. The van der Waals surface area contributed by atoms with E-state index in [-0.39, 0.29) is 11.0 Å². The number of benzene rings is 3. The number of hydrogen-bond donors (Lipinski definition) is 2. The van der Waals surface area contributed by atoms with Gasteiger partial charge < -0.3 is 9.73 Å². The number of carbonyl (C=O) groups is 1. The van der Waals surface area contributed by atoms with Crippen molar-refractivity contribution in [3.63, 3.8) is 0 Å². The Morgan fingerprint density at radius 3 is 2.69 bits per heavy atom. The summed E-state index contributed by atoms with van der Waals surface area (Å²) in [6.07, 6.45) is 0. The van der Waals surface area contributed by atoms with E-state index in [9.17, 15) is 4.79 Å². The lowest BCUT2D eigenvalue weighted by molar-refractivity contribution is 0.0977. The Morgan fingerprint density at radius 1 is 1.07 bits per heavy atom. The van der Waals surface area contributed by atoms with Crippen molar-refractivity contribution in [2.45, 2.75) is 0 Å². The van der Waals surface area contributed by atoms with Crippen LogP contribution in [0.25, 0.3) is 22.6 Å². The average Bonchev–Trinajstić information content (AvgIpc) is 3.14. The van der Waals surface area contributed by atoms with Crippen LogP contribution in [0.15, 0.2) is 75.6 Å².